The lowest BCUT2D eigenvalue weighted by Crippen LogP contribution is -2.06. The van der Waals surface area contributed by atoms with Crippen molar-refractivity contribution in [3.63, 3.8) is 0 Å². The molecule has 2 rings (SSSR count). The number of hydrogen-bond acceptors (Lipinski definition) is 2. The van der Waals surface area contributed by atoms with Gasteiger partial charge in [-0.3, -0.25) is 0 Å². The van der Waals surface area contributed by atoms with E-state index in [4.69, 9.17) is 4.42 Å². The maximum atomic E-state index is 12.9. The van der Waals surface area contributed by atoms with Gasteiger partial charge in [0.15, 0.2) is 0 Å². The van der Waals surface area contributed by atoms with Crippen molar-refractivity contribution in [1.29, 1.82) is 0 Å². The van der Waals surface area contributed by atoms with E-state index in [1.165, 1.54) is 12.1 Å². The van der Waals surface area contributed by atoms with Gasteiger partial charge in [-0.05, 0) is 31.5 Å². The second-order valence-corrected chi connectivity index (χ2v) is 4.38. The van der Waals surface area contributed by atoms with Crippen molar-refractivity contribution in [1.82, 2.24) is 0 Å². The number of aliphatic hydroxyl groups excluding tert-OH is 1. The molecule has 0 aliphatic rings. The molecule has 0 saturated carbocycles. The topological polar surface area (TPSA) is 33.4 Å². The Labute approximate surface area is 102 Å². The van der Waals surface area contributed by atoms with E-state index < -0.39 is 17.8 Å². The first kappa shape index (κ1) is 13.0. The summed E-state index contributed by atoms with van der Waals surface area (Å²) in [5.41, 5.74) is -0.0464. The standard InChI is InChI=1S/C13H13F3O2/c1-7(17)6-11-8(2)12-9(13(14,15)16)4-3-5-10(12)18-11/h3-5,7,17H,6H2,1-2H3. The molecule has 18 heavy (non-hydrogen) atoms. The van der Waals surface area contributed by atoms with Gasteiger partial charge in [0.25, 0.3) is 0 Å². The molecule has 0 bridgehead atoms. The lowest BCUT2D eigenvalue weighted by atomic mass is 10.0. The van der Waals surface area contributed by atoms with E-state index >= 15 is 0 Å². The monoisotopic (exact) mass is 258 g/mol. The van der Waals surface area contributed by atoms with Crippen LogP contribution in [0.15, 0.2) is 22.6 Å². The summed E-state index contributed by atoms with van der Waals surface area (Å²) < 4.78 is 44.0. The minimum atomic E-state index is -4.41. The van der Waals surface area contributed by atoms with Gasteiger partial charge in [-0.25, -0.2) is 0 Å². The zero-order chi connectivity index (χ0) is 13.5. The molecule has 0 amide bonds. The van der Waals surface area contributed by atoms with Crippen LogP contribution < -0.4 is 0 Å². The molecular weight excluding hydrogens is 245 g/mol. The van der Waals surface area contributed by atoms with Crippen molar-refractivity contribution in [2.45, 2.75) is 32.5 Å². The summed E-state index contributed by atoms with van der Waals surface area (Å²) in [6.07, 6.45) is -4.85. The second-order valence-electron chi connectivity index (χ2n) is 4.38. The maximum absolute atomic E-state index is 12.9. The molecule has 0 spiro atoms. The average Bonchev–Trinajstić information content (AvgIpc) is 2.54. The highest BCUT2D eigenvalue weighted by Crippen LogP contribution is 2.38. The third-order valence-corrected chi connectivity index (χ3v) is 2.84. The van der Waals surface area contributed by atoms with Crippen LogP contribution in [0.25, 0.3) is 11.0 Å². The zero-order valence-corrected chi connectivity index (χ0v) is 10.0. The Hall–Kier alpha value is -1.49. The minimum Gasteiger partial charge on any atom is -0.461 e. The highest BCUT2D eigenvalue weighted by molar-refractivity contribution is 5.86. The van der Waals surface area contributed by atoms with Crippen LogP contribution in [0.1, 0.15) is 23.8 Å². The van der Waals surface area contributed by atoms with Crippen LogP contribution in [0.4, 0.5) is 13.2 Å². The second kappa shape index (κ2) is 4.31. The van der Waals surface area contributed by atoms with Gasteiger partial charge in [0.1, 0.15) is 11.3 Å². The van der Waals surface area contributed by atoms with Gasteiger partial charge < -0.3 is 9.52 Å². The van der Waals surface area contributed by atoms with E-state index in [2.05, 4.69) is 0 Å². The van der Waals surface area contributed by atoms with Crippen LogP contribution >= 0.6 is 0 Å². The van der Waals surface area contributed by atoms with Crippen LogP contribution in [0, 0.1) is 6.92 Å². The summed E-state index contributed by atoms with van der Waals surface area (Å²) in [6.45, 7) is 3.15. The Morgan fingerprint density at radius 2 is 2.00 bits per heavy atom. The molecule has 0 radical (unpaired) electrons. The number of hydrogen-bond donors (Lipinski definition) is 1. The average molecular weight is 258 g/mol. The van der Waals surface area contributed by atoms with Crippen LogP contribution in [-0.2, 0) is 12.6 Å². The highest BCUT2D eigenvalue weighted by Gasteiger charge is 2.34. The summed E-state index contributed by atoms with van der Waals surface area (Å²) in [5.74, 6) is 0.400. The third kappa shape index (κ3) is 2.22. The molecule has 1 aromatic carbocycles. The molecule has 0 aliphatic heterocycles. The smallest absolute Gasteiger partial charge is 0.417 e. The van der Waals surface area contributed by atoms with E-state index in [1.54, 1.807) is 13.8 Å². The molecule has 0 saturated heterocycles. The number of furan rings is 1. The minimum absolute atomic E-state index is 0.0839. The SMILES string of the molecule is Cc1c(CC(C)O)oc2cccc(C(F)(F)F)c12. The number of aliphatic hydroxyl groups is 1. The van der Waals surface area contributed by atoms with E-state index in [1.807, 2.05) is 0 Å². The van der Waals surface area contributed by atoms with E-state index in [9.17, 15) is 18.3 Å². The molecule has 2 nitrogen and oxygen atoms in total. The van der Waals surface area contributed by atoms with Crippen molar-refractivity contribution in [3.05, 3.63) is 35.1 Å². The third-order valence-electron chi connectivity index (χ3n) is 2.84. The van der Waals surface area contributed by atoms with Crippen molar-refractivity contribution in [2.24, 2.45) is 0 Å². The van der Waals surface area contributed by atoms with Crippen molar-refractivity contribution in [3.8, 4) is 0 Å². The predicted molar refractivity (Wildman–Crippen MR) is 61.3 cm³/mol. The Kier molecular flexibility index (Phi) is 3.11. The van der Waals surface area contributed by atoms with Gasteiger partial charge in [-0.1, -0.05) is 6.07 Å². The lowest BCUT2D eigenvalue weighted by molar-refractivity contribution is -0.136. The van der Waals surface area contributed by atoms with Gasteiger partial charge in [-0.2, -0.15) is 13.2 Å². The van der Waals surface area contributed by atoms with Crippen molar-refractivity contribution >= 4 is 11.0 Å². The Morgan fingerprint density at radius 3 is 2.56 bits per heavy atom. The summed E-state index contributed by atoms with van der Waals surface area (Å²) in [4.78, 5) is 0. The van der Waals surface area contributed by atoms with Gasteiger partial charge in [0.05, 0.1) is 11.7 Å². The Balaban J connectivity index is 2.66. The molecule has 98 valence electrons. The molecule has 1 heterocycles. The maximum Gasteiger partial charge on any atom is 0.417 e. The quantitative estimate of drug-likeness (QED) is 0.891. The summed E-state index contributed by atoms with van der Waals surface area (Å²) in [5, 5.41) is 9.39. The number of fused-ring (bicyclic) bond motifs is 1. The fourth-order valence-electron chi connectivity index (χ4n) is 2.05. The number of alkyl halides is 3. The molecule has 0 aliphatic carbocycles. The first-order chi connectivity index (χ1) is 8.30. The molecule has 5 heteroatoms. The van der Waals surface area contributed by atoms with Crippen molar-refractivity contribution in [2.75, 3.05) is 0 Å². The first-order valence-electron chi connectivity index (χ1n) is 5.57. The normalized spacial score (nSPS) is 14.1. The van der Waals surface area contributed by atoms with Crippen LogP contribution in [-0.4, -0.2) is 11.2 Å². The van der Waals surface area contributed by atoms with Crippen LogP contribution in [0.3, 0.4) is 0 Å². The van der Waals surface area contributed by atoms with E-state index in [-0.39, 0.29) is 17.4 Å². The molecular formula is C13H13F3O2. The number of rotatable bonds is 2. The lowest BCUT2D eigenvalue weighted by Gasteiger charge is -2.07. The summed E-state index contributed by atoms with van der Waals surface area (Å²) in [6, 6.07) is 3.86. The van der Waals surface area contributed by atoms with E-state index in [0.29, 0.717) is 11.3 Å². The molecule has 1 unspecified atom stereocenters. The molecule has 1 N–H and O–H groups in total. The highest BCUT2D eigenvalue weighted by atomic mass is 19.4. The largest absolute Gasteiger partial charge is 0.461 e. The molecule has 1 atom stereocenters. The van der Waals surface area contributed by atoms with E-state index in [0.717, 1.165) is 6.07 Å². The number of benzene rings is 1. The number of halogens is 3. The van der Waals surface area contributed by atoms with Gasteiger partial charge in [-0.15, -0.1) is 0 Å². The first-order valence-corrected chi connectivity index (χ1v) is 5.57. The van der Waals surface area contributed by atoms with Crippen LogP contribution in [0.5, 0.6) is 0 Å². The Morgan fingerprint density at radius 1 is 1.33 bits per heavy atom. The molecule has 0 fully saturated rings. The van der Waals surface area contributed by atoms with Gasteiger partial charge in [0.2, 0.25) is 0 Å². The Bertz CT molecular complexity index is 567. The number of aryl methyl sites for hydroxylation is 1. The summed E-state index contributed by atoms with van der Waals surface area (Å²) in [7, 11) is 0. The van der Waals surface area contributed by atoms with Crippen molar-refractivity contribution < 1.29 is 22.7 Å². The molecule has 2 aromatic rings. The zero-order valence-electron chi connectivity index (χ0n) is 10.0. The van der Waals surface area contributed by atoms with Gasteiger partial charge in [0, 0.05) is 11.8 Å². The summed E-state index contributed by atoms with van der Waals surface area (Å²) >= 11 is 0. The van der Waals surface area contributed by atoms with Crippen LogP contribution in [0.2, 0.25) is 0 Å². The fourth-order valence-corrected chi connectivity index (χ4v) is 2.05. The van der Waals surface area contributed by atoms with Gasteiger partial charge >= 0.3 is 6.18 Å². The molecule has 1 aromatic heterocycles. The predicted octanol–water partition coefficient (Wildman–Crippen LogP) is 3.68. The fraction of sp³-hybridized carbons (Fsp3) is 0.385.